The first-order chi connectivity index (χ1) is 9.11. The minimum absolute atomic E-state index is 0.509. The van der Waals surface area contributed by atoms with Gasteiger partial charge in [0.2, 0.25) is 0 Å². The lowest BCUT2D eigenvalue weighted by Gasteiger charge is -2.51. The van der Waals surface area contributed by atoms with Crippen molar-refractivity contribution < 1.29 is 0 Å². The van der Waals surface area contributed by atoms with Crippen molar-refractivity contribution in [2.45, 2.75) is 64.7 Å². The number of hydrogen-bond donors (Lipinski definition) is 0. The molecule has 0 radical (unpaired) electrons. The molecule has 2 fully saturated rings. The van der Waals surface area contributed by atoms with E-state index in [0.717, 1.165) is 17.8 Å². The number of hydrogen-bond acceptors (Lipinski definition) is 0. The lowest BCUT2D eigenvalue weighted by molar-refractivity contribution is 0.0702. The molecule has 19 heavy (non-hydrogen) atoms. The highest BCUT2D eigenvalue weighted by Gasteiger charge is 2.45. The number of aryl methyl sites for hydroxylation is 1. The van der Waals surface area contributed by atoms with Crippen LogP contribution in [0, 0.1) is 24.7 Å². The molecule has 2 aliphatic rings. The van der Waals surface area contributed by atoms with Gasteiger partial charge in [0, 0.05) is 0 Å². The van der Waals surface area contributed by atoms with Crippen LogP contribution in [-0.4, -0.2) is 0 Å². The molecule has 1 aromatic rings. The molecule has 0 heterocycles. The Morgan fingerprint density at radius 3 is 2.47 bits per heavy atom. The van der Waals surface area contributed by atoms with E-state index in [-0.39, 0.29) is 0 Å². The molecule has 0 saturated heterocycles. The Bertz CT molecular complexity index is 426. The second kappa shape index (κ2) is 4.96. The number of benzene rings is 1. The lowest BCUT2D eigenvalue weighted by atomic mass is 9.54. The minimum Gasteiger partial charge on any atom is -0.0651 e. The zero-order chi connectivity index (χ0) is 13.5. The highest BCUT2D eigenvalue weighted by atomic mass is 14.5. The maximum atomic E-state index is 2.47. The summed E-state index contributed by atoms with van der Waals surface area (Å²) in [5.74, 6) is 2.87. The molecule has 3 rings (SSSR count). The Hall–Kier alpha value is -0.780. The number of fused-ring (bicyclic) bond motifs is 2. The predicted molar refractivity (Wildman–Crippen MR) is 82.4 cm³/mol. The molecular formula is C19H28. The van der Waals surface area contributed by atoms with Crippen molar-refractivity contribution in [3.8, 4) is 0 Å². The molecule has 4 unspecified atom stereocenters. The summed E-state index contributed by atoms with van der Waals surface area (Å²) in [6.07, 6.45) is 8.66. The molecule has 0 nitrogen and oxygen atoms in total. The van der Waals surface area contributed by atoms with Crippen molar-refractivity contribution in [3.63, 3.8) is 0 Å². The summed E-state index contributed by atoms with van der Waals surface area (Å²) in [4.78, 5) is 0. The molecule has 0 spiro atoms. The monoisotopic (exact) mass is 256 g/mol. The van der Waals surface area contributed by atoms with Gasteiger partial charge in [-0.3, -0.25) is 0 Å². The third-order valence-corrected chi connectivity index (χ3v) is 5.74. The summed E-state index contributed by atoms with van der Waals surface area (Å²) in [6, 6.07) is 9.47. The number of rotatable bonds is 2. The molecule has 0 N–H and O–H groups in total. The van der Waals surface area contributed by atoms with E-state index in [1.807, 2.05) is 0 Å². The van der Waals surface area contributed by atoms with Gasteiger partial charge in [-0.25, -0.2) is 0 Å². The van der Waals surface area contributed by atoms with Crippen LogP contribution in [0.2, 0.25) is 0 Å². The maximum Gasteiger partial charge on any atom is -0.00392 e. The van der Waals surface area contributed by atoms with Gasteiger partial charge in [-0.15, -0.1) is 0 Å². The molecule has 104 valence electrons. The van der Waals surface area contributed by atoms with Crippen LogP contribution in [0.3, 0.4) is 0 Å². The van der Waals surface area contributed by atoms with Gasteiger partial charge in [0.1, 0.15) is 0 Å². The van der Waals surface area contributed by atoms with Crippen molar-refractivity contribution in [2.75, 3.05) is 0 Å². The van der Waals surface area contributed by atoms with Crippen LogP contribution in [0.1, 0.15) is 63.5 Å². The van der Waals surface area contributed by atoms with Crippen LogP contribution < -0.4 is 0 Å². The van der Waals surface area contributed by atoms with Crippen molar-refractivity contribution in [1.82, 2.24) is 0 Å². The van der Waals surface area contributed by atoms with Crippen LogP contribution in [0.25, 0.3) is 0 Å². The molecule has 0 heteroatoms. The van der Waals surface area contributed by atoms with Gasteiger partial charge in [0.25, 0.3) is 0 Å². The average molecular weight is 256 g/mol. The Morgan fingerprint density at radius 2 is 1.79 bits per heavy atom. The van der Waals surface area contributed by atoms with Gasteiger partial charge >= 0.3 is 0 Å². The van der Waals surface area contributed by atoms with Crippen molar-refractivity contribution in [1.29, 1.82) is 0 Å². The molecule has 1 aromatic carbocycles. The second-order valence-electron chi connectivity index (χ2n) is 7.48. The van der Waals surface area contributed by atoms with E-state index in [0.29, 0.717) is 5.41 Å². The highest BCUT2D eigenvalue weighted by molar-refractivity contribution is 5.30. The van der Waals surface area contributed by atoms with Gasteiger partial charge in [-0.05, 0) is 67.8 Å². The van der Waals surface area contributed by atoms with E-state index in [1.54, 1.807) is 5.56 Å². The van der Waals surface area contributed by atoms with Gasteiger partial charge in [0.05, 0.1) is 0 Å². The van der Waals surface area contributed by atoms with Gasteiger partial charge < -0.3 is 0 Å². The standard InChI is InChI=1S/C19H28/c1-4-16-10-17-9-15(3)11-19(12-16,13-17)18-7-5-14(2)6-8-18/h5-8,15-17H,4,9-13H2,1-3H3. The van der Waals surface area contributed by atoms with Gasteiger partial charge in [0.15, 0.2) is 0 Å². The Balaban J connectivity index is 1.95. The van der Waals surface area contributed by atoms with E-state index in [4.69, 9.17) is 0 Å². The lowest BCUT2D eigenvalue weighted by Crippen LogP contribution is -2.42. The predicted octanol–water partition coefficient (Wildman–Crippen LogP) is 5.49. The molecule has 0 amide bonds. The molecule has 0 aromatic heterocycles. The van der Waals surface area contributed by atoms with Crippen molar-refractivity contribution >= 4 is 0 Å². The third kappa shape index (κ3) is 2.47. The van der Waals surface area contributed by atoms with E-state index in [2.05, 4.69) is 45.0 Å². The molecular weight excluding hydrogens is 228 g/mol. The third-order valence-electron chi connectivity index (χ3n) is 5.74. The zero-order valence-electron chi connectivity index (χ0n) is 12.8. The average Bonchev–Trinajstić information content (AvgIpc) is 2.37. The largest absolute Gasteiger partial charge is 0.0651 e. The first kappa shape index (κ1) is 13.2. The summed E-state index contributed by atoms with van der Waals surface area (Å²) in [7, 11) is 0. The molecule has 2 bridgehead atoms. The fourth-order valence-electron chi connectivity index (χ4n) is 5.06. The van der Waals surface area contributed by atoms with Gasteiger partial charge in [-0.1, -0.05) is 50.1 Å². The molecule has 2 saturated carbocycles. The van der Waals surface area contributed by atoms with E-state index >= 15 is 0 Å². The van der Waals surface area contributed by atoms with E-state index in [1.165, 1.54) is 44.1 Å². The molecule has 2 aliphatic carbocycles. The quantitative estimate of drug-likeness (QED) is 0.656. The summed E-state index contributed by atoms with van der Waals surface area (Å²) < 4.78 is 0. The SMILES string of the molecule is CCC1CC2CC(C)CC(c3ccc(C)cc3)(C1)C2. The van der Waals surface area contributed by atoms with Crippen LogP contribution in [-0.2, 0) is 5.41 Å². The summed E-state index contributed by atoms with van der Waals surface area (Å²) >= 11 is 0. The first-order valence-corrected chi connectivity index (χ1v) is 8.18. The fraction of sp³-hybridized carbons (Fsp3) is 0.684. The van der Waals surface area contributed by atoms with Crippen molar-refractivity contribution in [3.05, 3.63) is 35.4 Å². The summed E-state index contributed by atoms with van der Waals surface area (Å²) in [6.45, 7) is 7.06. The van der Waals surface area contributed by atoms with Crippen molar-refractivity contribution in [2.24, 2.45) is 17.8 Å². The van der Waals surface area contributed by atoms with Crippen LogP contribution in [0.15, 0.2) is 24.3 Å². The van der Waals surface area contributed by atoms with Crippen LogP contribution in [0.5, 0.6) is 0 Å². The van der Waals surface area contributed by atoms with E-state index in [9.17, 15) is 0 Å². The maximum absolute atomic E-state index is 2.47. The Morgan fingerprint density at radius 1 is 1.05 bits per heavy atom. The summed E-state index contributed by atoms with van der Waals surface area (Å²) in [5, 5.41) is 0. The minimum atomic E-state index is 0.509. The summed E-state index contributed by atoms with van der Waals surface area (Å²) in [5.41, 5.74) is 3.53. The van der Waals surface area contributed by atoms with Crippen LogP contribution in [0.4, 0.5) is 0 Å². The van der Waals surface area contributed by atoms with Gasteiger partial charge in [-0.2, -0.15) is 0 Å². The van der Waals surface area contributed by atoms with Crippen LogP contribution >= 0.6 is 0 Å². The fourth-order valence-corrected chi connectivity index (χ4v) is 5.06. The highest BCUT2D eigenvalue weighted by Crippen LogP contribution is 2.54. The zero-order valence-corrected chi connectivity index (χ0v) is 12.8. The first-order valence-electron chi connectivity index (χ1n) is 8.18. The Labute approximate surface area is 118 Å². The molecule has 0 aliphatic heterocycles. The topological polar surface area (TPSA) is 0 Å². The second-order valence-corrected chi connectivity index (χ2v) is 7.48. The normalized spacial score (nSPS) is 38.2. The smallest absolute Gasteiger partial charge is 0.00392 e. The Kier molecular flexibility index (Phi) is 3.45. The molecule has 4 atom stereocenters. The van der Waals surface area contributed by atoms with E-state index < -0.39 is 0 Å².